The molecule has 0 aromatic carbocycles. The van der Waals surface area contributed by atoms with E-state index in [1.807, 2.05) is 0 Å². The monoisotopic (exact) mass is 196 g/mol. The van der Waals surface area contributed by atoms with Crippen LogP contribution in [0.4, 0.5) is 5.69 Å². The molecule has 0 aliphatic carbocycles. The van der Waals surface area contributed by atoms with E-state index in [2.05, 4.69) is 4.98 Å². The van der Waals surface area contributed by atoms with Gasteiger partial charge in [0, 0.05) is 11.8 Å². The van der Waals surface area contributed by atoms with Crippen LogP contribution < -0.4 is 0 Å². The molecule has 1 aromatic heterocycles. The molecule has 0 fully saturated rings. The van der Waals surface area contributed by atoms with Crippen LogP contribution in [0.2, 0.25) is 0 Å². The lowest BCUT2D eigenvalue weighted by molar-refractivity contribution is -0.385. The highest BCUT2D eigenvalue weighted by molar-refractivity contribution is 5.26. The molecule has 1 unspecified atom stereocenters. The first kappa shape index (κ1) is 10.6. The Morgan fingerprint density at radius 1 is 1.64 bits per heavy atom. The number of hydrogen-bond donors (Lipinski definition) is 1. The summed E-state index contributed by atoms with van der Waals surface area (Å²) in [4.78, 5) is 13.7. The number of aromatic nitrogens is 1. The van der Waals surface area contributed by atoms with Crippen molar-refractivity contribution in [2.75, 3.05) is 0 Å². The summed E-state index contributed by atoms with van der Waals surface area (Å²) >= 11 is 0. The quantitative estimate of drug-likeness (QED) is 0.581. The van der Waals surface area contributed by atoms with Gasteiger partial charge in [0.05, 0.1) is 11.0 Å². The second-order valence-electron chi connectivity index (χ2n) is 3.15. The van der Waals surface area contributed by atoms with Gasteiger partial charge in [0.1, 0.15) is 6.20 Å². The Kier molecular flexibility index (Phi) is 3.53. The van der Waals surface area contributed by atoms with Crippen LogP contribution in [-0.2, 0) is 6.42 Å². The summed E-state index contributed by atoms with van der Waals surface area (Å²) in [6.45, 7) is 1.70. The number of nitro groups is 1. The third kappa shape index (κ3) is 3.10. The van der Waals surface area contributed by atoms with Crippen LogP contribution >= 0.6 is 0 Å². The number of pyridine rings is 1. The number of aliphatic hydroxyl groups excluding tert-OH is 1. The lowest BCUT2D eigenvalue weighted by atomic mass is 10.1. The summed E-state index contributed by atoms with van der Waals surface area (Å²) in [5.74, 6) is 0. The fraction of sp³-hybridized carbons (Fsp3) is 0.444. The van der Waals surface area contributed by atoms with Gasteiger partial charge in [0.15, 0.2) is 0 Å². The van der Waals surface area contributed by atoms with Gasteiger partial charge in [-0.25, -0.2) is 0 Å². The maximum Gasteiger partial charge on any atom is 0.287 e. The average molecular weight is 196 g/mol. The first-order valence-electron chi connectivity index (χ1n) is 4.37. The number of aliphatic hydroxyl groups is 1. The van der Waals surface area contributed by atoms with Crippen molar-refractivity contribution in [1.82, 2.24) is 4.98 Å². The van der Waals surface area contributed by atoms with E-state index in [4.69, 9.17) is 5.11 Å². The molecule has 1 aromatic rings. The van der Waals surface area contributed by atoms with Gasteiger partial charge in [-0.3, -0.25) is 15.1 Å². The van der Waals surface area contributed by atoms with Crippen molar-refractivity contribution in [3.63, 3.8) is 0 Å². The van der Waals surface area contributed by atoms with Crippen LogP contribution in [0.1, 0.15) is 19.0 Å². The van der Waals surface area contributed by atoms with Crippen LogP contribution in [0.25, 0.3) is 0 Å². The van der Waals surface area contributed by atoms with E-state index in [0.717, 1.165) is 5.69 Å². The predicted molar refractivity (Wildman–Crippen MR) is 50.9 cm³/mol. The number of nitrogens with zero attached hydrogens (tertiary/aromatic N) is 2. The fourth-order valence-corrected chi connectivity index (χ4v) is 1.03. The van der Waals surface area contributed by atoms with E-state index in [9.17, 15) is 10.1 Å². The molecule has 0 spiro atoms. The van der Waals surface area contributed by atoms with Gasteiger partial charge < -0.3 is 5.11 Å². The van der Waals surface area contributed by atoms with E-state index >= 15 is 0 Å². The molecular formula is C9H12N2O3. The fourth-order valence-electron chi connectivity index (χ4n) is 1.03. The van der Waals surface area contributed by atoms with Crippen LogP contribution in [0.15, 0.2) is 18.3 Å². The molecule has 0 aliphatic heterocycles. The van der Waals surface area contributed by atoms with E-state index < -0.39 is 4.92 Å². The highest BCUT2D eigenvalue weighted by atomic mass is 16.6. The van der Waals surface area contributed by atoms with Crippen molar-refractivity contribution in [3.8, 4) is 0 Å². The Labute approximate surface area is 81.6 Å². The minimum atomic E-state index is -0.481. The van der Waals surface area contributed by atoms with E-state index in [-0.39, 0.29) is 11.8 Å². The topological polar surface area (TPSA) is 76.3 Å². The van der Waals surface area contributed by atoms with Crippen molar-refractivity contribution >= 4 is 5.69 Å². The minimum Gasteiger partial charge on any atom is -0.393 e. The molecule has 0 radical (unpaired) electrons. The van der Waals surface area contributed by atoms with Gasteiger partial charge >= 0.3 is 0 Å². The van der Waals surface area contributed by atoms with Crippen LogP contribution in [-0.4, -0.2) is 21.1 Å². The van der Waals surface area contributed by atoms with Crippen molar-refractivity contribution < 1.29 is 10.0 Å². The van der Waals surface area contributed by atoms with Crippen LogP contribution in [0, 0.1) is 10.1 Å². The van der Waals surface area contributed by atoms with Crippen molar-refractivity contribution in [2.45, 2.75) is 25.9 Å². The second kappa shape index (κ2) is 4.66. The highest BCUT2D eigenvalue weighted by Gasteiger charge is 2.05. The van der Waals surface area contributed by atoms with Crippen molar-refractivity contribution in [2.24, 2.45) is 0 Å². The molecule has 0 saturated carbocycles. The Balaban J connectivity index is 2.60. The molecule has 1 N–H and O–H groups in total. The average Bonchev–Trinajstić information content (AvgIpc) is 2.15. The number of rotatable bonds is 4. The van der Waals surface area contributed by atoms with E-state index in [1.54, 1.807) is 13.0 Å². The second-order valence-corrected chi connectivity index (χ2v) is 3.15. The first-order valence-corrected chi connectivity index (χ1v) is 4.37. The summed E-state index contributed by atoms with van der Waals surface area (Å²) < 4.78 is 0. The summed E-state index contributed by atoms with van der Waals surface area (Å²) in [7, 11) is 0. The van der Waals surface area contributed by atoms with E-state index in [0.29, 0.717) is 12.8 Å². The third-order valence-corrected chi connectivity index (χ3v) is 1.84. The largest absolute Gasteiger partial charge is 0.393 e. The summed E-state index contributed by atoms with van der Waals surface area (Å²) in [5.41, 5.74) is 0.752. The molecule has 0 amide bonds. The molecule has 0 bridgehead atoms. The molecule has 0 saturated heterocycles. The van der Waals surface area contributed by atoms with Gasteiger partial charge in [-0.2, -0.15) is 0 Å². The van der Waals surface area contributed by atoms with Crippen molar-refractivity contribution in [1.29, 1.82) is 0 Å². The predicted octanol–water partition coefficient (Wildman–Crippen LogP) is 1.30. The molecule has 14 heavy (non-hydrogen) atoms. The van der Waals surface area contributed by atoms with Crippen molar-refractivity contribution in [3.05, 3.63) is 34.1 Å². The van der Waals surface area contributed by atoms with E-state index in [1.165, 1.54) is 12.3 Å². The lowest BCUT2D eigenvalue weighted by Gasteiger charge is -2.02. The zero-order valence-corrected chi connectivity index (χ0v) is 7.88. The molecule has 1 rings (SSSR count). The van der Waals surface area contributed by atoms with Crippen LogP contribution in [0.5, 0.6) is 0 Å². The zero-order chi connectivity index (χ0) is 10.6. The Morgan fingerprint density at radius 2 is 2.36 bits per heavy atom. The van der Waals surface area contributed by atoms with Crippen LogP contribution in [0.3, 0.4) is 0 Å². The summed E-state index contributed by atoms with van der Waals surface area (Å²) in [5, 5.41) is 19.3. The zero-order valence-electron chi connectivity index (χ0n) is 7.88. The molecule has 1 atom stereocenters. The SMILES string of the molecule is CC(O)CCc1ccc([N+](=O)[O-])cn1. The standard InChI is InChI=1S/C9H12N2O3/c1-7(12)2-3-8-4-5-9(6-10-8)11(13)14/h4-7,12H,2-3H2,1H3. The Morgan fingerprint density at radius 3 is 2.79 bits per heavy atom. The number of aryl methyl sites for hydroxylation is 1. The summed E-state index contributed by atoms with van der Waals surface area (Å²) in [6, 6.07) is 3.03. The maximum absolute atomic E-state index is 10.3. The third-order valence-electron chi connectivity index (χ3n) is 1.84. The molecule has 5 heteroatoms. The highest BCUT2D eigenvalue weighted by Crippen LogP contribution is 2.10. The Bertz CT molecular complexity index is 308. The van der Waals surface area contributed by atoms with Gasteiger partial charge in [0.25, 0.3) is 5.69 Å². The normalized spacial score (nSPS) is 12.4. The Hall–Kier alpha value is -1.49. The first-order chi connectivity index (χ1) is 6.59. The summed E-state index contributed by atoms with van der Waals surface area (Å²) in [6.07, 6.45) is 2.12. The van der Waals surface area contributed by atoms with Gasteiger partial charge in [0.2, 0.25) is 0 Å². The molecule has 1 heterocycles. The molecule has 0 aliphatic rings. The maximum atomic E-state index is 10.3. The molecular weight excluding hydrogens is 184 g/mol. The number of hydrogen-bond acceptors (Lipinski definition) is 4. The molecule has 76 valence electrons. The van der Waals surface area contributed by atoms with Gasteiger partial charge in [-0.1, -0.05) is 0 Å². The van der Waals surface area contributed by atoms with Gasteiger partial charge in [-0.15, -0.1) is 0 Å². The lowest BCUT2D eigenvalue weighted by Crippen LogP contribution is -2.02. The minimum absolute atomic E-state index is 0.00852. The van der Waals surface area contributed by atoms with Gasteiger partial charge in [-0.05, 0) is 25.8 Å². The molecule has 5 nitrogen and oxygen atoms in total. The smallest absolute Gasteiger partial charge is 0.287 e.